The van der Waals surface area contributed by atoms with Crippen molar-refractivity contribution < 1.29 is 13.9 Å². The molecule has 2 aromatic rings. The van der Waals surface area contributed by atoms with Gasteiger partial charge in [0.2, 0.25) is 0 Å². The monoisotopic (exact) mass is 333 g/mol. The second kappa shape index (κ2) is 7.32. The van der Waals surface area contributed by atoms with E-state index >= 15 is 0 Å². The summed E-state index contributed by atoms with van der Waals surface area (Å²) < 4.78 is 26.3. The number of nitrogens with zero attached hydrogens (tertiary/aromatic N) is 2. The summed E-state index contributed by atoms with van der Waals surface area (Å²) >= 11 is 0. The van der Waals surface area contributed by atoms with Gasteiger partial charge in [0, 0.05) is 37.5 Å². The van der Waals surface area contributed by atoms with Crippen LogP contribution in [0.25, 0.3) is 0 Å². The molecule has 0 saturated carbocycles. The van der Waals surface area contributed by atoms with Gasteiger partial charge in [-0.25, -0.2) is 4.39 Å². The van der Waals surface area contributed by atoms with E-state index in [0.717, 1.165) is 24.4 Å². The number of ether oxygens (including phenoxy) is 2. The van der Waals surface area contributed by atoms with E-state index in [4.69, 9.17) is 9.47 Å². The minimum atomic E-state index is -0.256. The summed E-state index contributed by atoms with van der Waals surface area (Å²) in [4.78, 5) is 0. The van der Waals surface area contributed by atoms with Crippen LogP contribution in [0.2, 0.25) is 0 Å². The zero-order chi connectivity index (χ0) is 17.1. The molecule has 0 amide bonds. The van der Waals surface area contributed by atoms with Gasteiger partial charge in [0.1, 0.15) is 24.3 Å². The van der Waals surface area contributed by atoms with E-state index in [0.29, 0.717) is 18.9 Å². The number of hydrogen-bond donors (Lipinski definition) is 1. The quantitative estimate of drug-likeness (QED) is 0.826. The highest BCUT2D eigenvalue weighted by atomic mass is 19.1. The number of benzene rings is 1. The highest BCUT2D eigenvalue weighted by molar-refractivity contribution is 5.29. The molecule has 0 spiro atoms. The summed E-state index contributed by atoms with van der Waals surface area (Å²) in [5, 5.41) is 8.00. The molecule has 1 aliphatic heterocycles. The molecule has 3 rings (SSSR count). The van der Waals surface area contributed by atoms with Crippen LogP contribution >= 0.6 is 0 Å². The van der Waals surface area contributed by atoms with Crippen LogP contribution in [0.4, 0.5) is 4.39 Å². The average molecular weight is 333 g/mol. The van der Waals surface area contributed by atoms with Crippen LogP contribution in [0, 0.1) is 19.7 Å². The first-order chi connectivity index (χ1) is 11.6. The zero-order valence-corrected chi connectivity index (χ0v) is 14.4. The number of rotatable bonds is 6. The van der Waals surface area contributed by atoms with E-state index in [9.17, 15) is 4.39 Å². The summed E-state index contributed by atoms with van der Waals surface area (Å²) in [6.45, 7) is 6.08. The largest absolute Gasteiger partial charge is 0.492 e. The zero-order valence-electron chi connectivity index (χ0n) is 14.4. The Morgan fingerprint density at radius 2 is 2.08 bits per heavy atom. The minimum Gasteiger partial charge on any atom is -0.492 e. The fraction of sp³-hybridized carbons (Fsp3) is 0.500. The molecule has 1 aromatic heterocycles. The molecule has 2 atom stereocenters. The standard InChI is InChI=1S/C18H24FN3O2/c1-12-17(13(2)22(3)21-12)18-16(8-10-24-18)20-9-11-23-15-6-4-14(19)5-7-15/h4-7,16,18,20H,8-11H2,1-3H3/t16-,18-/m0/s1. The summed E-state index contributed by atoms with van der Waals surface area (Å²) in [6.07, 6.45) is 0.999. The lowest BCUT2D eigenvalue weighted by Gasteiger charge is -2.20. The maximum absolute atomic E-state index is 12.9. The van der Waals surface area contributed by atoms with E-state index < -0.39 is 0 Å². The Bertz CT molecular complexity index is 684. The van der Waals surface area contributed by atoms with Crippen molar-refractivity contribution in [2.24, 2.45) is 7.05 Å². The molecule has 0 unspecified atom stereocenters. The van der Waals surface area contributed by atoms with Gasteiger partial charge in [-0.1, -0.05) is 0 Å². The van der Waals surface area contributed by atoms with Gasteiger partial charge in [-0.15, -0.1) is 0 Å². The lowest BCUT2D eigenvalue weighted by molar-refractivity contribution is 0.0969. The highest BCUT2D eigenvalue weighted by Crippen LogP contribution is 2.33. The summed E-state index contributed by atoms with van der Waals surface area (Å²) in [6, 6.07) is 6.33. The van der Waals surface area contributed by atoms with E-state index in [-0.39, 0.29) is 18.0 Å². The molecule has 24 heavy (non-hydrogen) atoms. The van der Waals surface area contributed by atoms with Gasteiger partial charge >= 0.3 is 0 Å². The number of nitrogens with one attached hydrogen (secondary N) is 1. The van der Waals surface area contributed by atoms with Crippen LogP contribution in [0.3, 0.4) is 0 Å². The Morgan fingerprint density at radius 3 is 2.75 bits per heavy atom. The maximum atomic E-state index is 12.9. The normalized spacial score (nSPS) is 20.5. The Morgan fingerprint density at radius 1 is 1.33 bits per heavy atom. The first-order valence-electron chi connectivity index (χ1n) is 8.29. The third kappa shape index (κ3) is 3.60. The smallest absolute Gasteiger partial charge is 0.123 e. The molecule has 6 heteroatoms. The number of hydrogen-bond acceptors (Lipinski definition) is 4. The number of aryl methyl sites for hydroxylation is 2. The molecule has 0 bridgehead atoms. The molecule has 130 valence electrons. The number of aromatic nitrogens is 2. The Labute approximate surface area is 141 Å². The molecule has 0 radical (unpaired) electrons. The predicted octanol–water partition coefficient (Wildman–Crippen LogP) is 2.67. The molecule has 0 aliphatic carbocycles. The van der Waals surface area contributed by atoms with Crippen LogP contribution in [0.1, 0.15) is 29.5 Å². The van der Waals surface area contributed by atoms with Crippen molar-refractivity contribution in [1.82, 2.24) is 15.1 Å². The predicted molar refractivity (Wildman–Crippen MR) is 89.7 cm³/mol. The van der Waals surface area contributed by atoms with Crippen molar-refractivity contribution in [1.29, 1.82) is 0 Å². The highest BCUT2D eigenvalue weighted by Gasteiger charge is 2.33. The topological polar surface area (TPSA) is 48.3 Å². The van der Waals surface area contributed by atoms with Crippen LogP contribution in [0.15, 0.2) is 24.3 Å². The molecule has 1 aliphatic rings. The summed E-state index contributed by atoms with van der Waals surface area (Å²) in [5.74, 6) is 0.421. The third-order valence-corrected chi connectivity index (χ3v) is 4.53. The van der Waals surface area contributed by atoms with Crippen molar-refractivity contribution in [3.63, 3.8) is 0 Å². The maximum Gasteiger partial charge on any atom is 0.123 e. The SMILES string of the molecule is Cc1nn(C)c(C)c1[C@H]1OCC[C@@H]1NCCOc1ccc(F)cc1. The summed E-state index contributed by atoms with van der Waals surface area (Å²) in [7, 11) is 1.96. The Kier molecular flexibility index (Phi) is 5.16. The van der Waals surface area contributed by atoms with Crippen LogP contribution < -0.4 is 10.1 Å². The Balaban J connectivity index is 1.54. The molecule has 5 nitrogen and oxygen atoms in total. The van der Waals surface area contributed by atoms with Gasteiger partial charge in [0.15, 0.2) is 0 Å². The Hall–Kier alpha value is -1.92. The van der Waals surface area contributed by atoms with Gasteiger partial charge in [-0.2, -0.15) is 5.10 Å². The van der Waals surface area contributed by atoms with E-state index in [1.165, 1.54) is 17.7 Å². The van der Waals surface area contributed by atoms with Crippen molar-refractivity contribution in [2.75, 3.05) is 19.8 Å². The molecule has 1 aromatic carbocycles. The first-order valence-corrected chi connectivity index (χ1v) is 8.29. The second-order valence-corrected chi connectivity index (χ2v) is 6.15. The fourth-order valence-corrected chi connectivity index (χ4v) is 3.23. The van der Waals surface area contributed by atoms with E-state index in [1.54, 1.807) is 12.1 Å². The fourth-order valence-electron chi connectivity index (χ4n) is 3.23. The summed E-state index contributed by atoms with van der Waals surface area (Å²) in [5.41, 5.74) is 3.36. The molecular weight excluding hydrogens is 309 g/mol. The molecule has 1 N–H and O–H groups in total. The molecular formula is C18H24FN3O2. The second-order valence-electron chi connectivity index (χ2n) is 6.15. The van der Waals surface area contributed by atoms with Gasteiger partial charge in [-0.3, -0.25) is 4.68 Å². The van der Waals surface area contributed by atoms with Crippen molar-refractivity contribution >= 4 is 0 Å². The van der Waals surface area contributed by atoms with Crippen LogP contribution in [-0.4, -0.2) is 35.6 Å². The van der Waals surface area contributed by atoms with Crippen molar-refractivity contribution in [3.05, 3.63) is 47.0 Å². The van der Waals surface area contributed by atoms with Crippen molar-refractivity contribution in [2.45, 2.75) is 32.4 Å². The molecule has 1 saturated heterocycles. The van der Waals surface area contributed by atoms with Gasteiger partial charge in [0.05, 0.1) is 5.69 Å². The van der Waals surface area contributed by atoms with Gasteiger partial charge < -0.3 is 14.8 Å². The lowest BCUT2D eigenvalue weighted by atomic mass is 10.0. The van der Waals surface area contributed by atoms with Crippen LogP contribution in [-0.2, 0) is 11.8 Å². The van der Waals surface area contributed by atoms with Gasteiger partial charge in [-0.05, 0) is 44.5 Å². The van der Waals surface area contributed by atoms with Crippen LogP contribution in [0.5, 0.6) is 5.75 Å². The lowest BCUT2D eigenvalue weighted by Crippen LogP contribution is -2.35. The first kappa shape index (κ1) is 16.9. The minimum absolute atomic E-state index is 0.0320. The van der Waals surface area contributed by atoms with E-state index in [2.05, 4.69) is 17.3 Å². The number of halogens is 1. The van der Waals surface area contributed by atoms with Crippen molar-refractivity contribution in [3.8, 4) is 5.75 Å². The average Bonchev–Trinajstić information content (AvgIpc) is 3.10. The van der Waals surface area contributed by atoms with E-state index in [1.807, 2.05) is 18.7 Å². The molecule has 1 fully saturated rings. The van der Waals surface area contributed by atoms with Gasteiger partial charge in [0.25, 0.3) is 0 Å². The molecule has 2 heterocycles. The third-order valence-electron chi connectivity index (χ3n) is 4.53.